The van der Waals surface area contributed by atoms with E-state index in [9.17, 15) is 4.57 Å². The van der Waals surface area contributed by atoms with Crippen molar-refractivity contribution in [3.05, 3.63) is 23.0 Å². The molecule has 1 fully saturated rings. The van der Waals surface area contributed by atoms with E-state index in [2.05, 4.69) is 19.1 Å². The molecule has 0 aromatic rings. The van der Waals surface area contributed by atoms with Crippen LogP contribution >= 0.6 is 7.14 Å². The highest BCUT2D eigenvalue weighted by Gasteiger charge is 2.43. The lowest BCUT2D eigenvalue weighted by Crippen LogP contribution is -2.23. The van der Waals surface area contributed by atoms with Crippen LogP contribution in [0.4, 0.5) is 0 Å². The van der Waals surface area contributed by atoms with Crippen molar-refractivity contribution in [2.45, 2.75) is 140 Å². The van der Waals surface area contributed by atoms with Gasteiger partial charge < -0.3 is 4.57 Å². The Balaban J connectivity index is 1.63. The van der Waals surface area contributed by atoms with E-state index in [1.54, 1.807) is 5.57 Å². The van der Waals surface area contributed by atoms with Gasteiger partial charge in [-0.25, -0.2) is 0 Å². The first-order valence-corrected chi connectivity index (χ1v) is 14.6. The Morgan fingerprint density at radius 2 is 1.57 bits per heavy atom. The van der Waals surface area contributed by atoms with Crippen LogP contribution in [0.3, 0.4) is 0 Å². The average molecular weight is 405 g/mol. The summed E-state index contributed by atoms with van der Waals surface area (Å²) in [7, 11) is -2.21. The Labute approximate surface area is 175 Å². The summed E-state index contributed by atoms with van der Waals surface area (Å²) < 4.78 is 14.8. The van der Waals surface area contributed by atoms with Crippen LogP contribution in [-0.4, -0.2) is 11.3 Å². The van der Waals surface area contributed by atoms with E-state index >= 15 is 0 Å². The van der Waals surface area contributed by atoms with Crippen molar-refractivity contribution in [2.75, 3.05) is 0 Å². The summed E-state index contributed by atoms with van der Waals surface area (Å²) in [6, 6.07) is 0. The van der Waals surface area contributed by atoms with Crippen LogP contribution in [0.2, 0.25) is 0 Å². The lowest BCUT2D eigenvalue weighted by Gasteiger charge is -2.39. The lowest BCUT2D eigenvalue weighted by atomic mass is 10.0. The Morgan fingerprint density at radius 3 is 2.32 bits per heavy atom. The van der Waals surface area contributed by atoms with Crippen molar-refractivity contribution in [1.29, 1.82) is 0 Å². The molecule has 0 saturated heterocycles. The topological polar surface area (TPSA) is 17.1 Å². The highest BCUT2D eigenvalue weighted by molar-refractivity contribution is 7.69. The predicted octanol–water partition coefficient (Wildman–Crippen LogP) is 9.37. The molecule has 2 unspecified atom stereocenters. The second-order valence-corrected chi connectivity index (χ2v) is 13.2. The zero-order valence-electron chi connectivity index (χ0n) is 18.6. The van der Waals surface area contributed by atoms with Crippen LogP contribution in [0.15, 0.2) is 23.0 Å². The monoisotopic (exact) mass is 404 g/mol. The summed E-state index contributed by atoms with van der Waals surface area (Å²) in [5.74, 6) is 0. The van der Waals surface area contributed by atoms with Gasteiger partial charge in [0.05, 0.1) is 0 Å². The van der Waals surface area contributed by atoms with Gasteiger partial charge in [-0.3, -0.25) is 0 Å². The third-order valence-corrected chi connectivity index (χ3v) is 12.2. The van der Waals surface area contributed by atoms with Gasteiger partial charge in [-0.15, -0.1) is 0 Å². The molecule has 0 N–H and O–H groups in total. The van der Waals surface area contributed by atoms with Crippen LogP contribution in [0.5, 0.6) is 0 Å². The molecule has 3 aliphatic carbocycles. The molecule has 0 amide bonds. The fourth-order valence-corrected chi connectivity index (χ4v) is 10.6. The zero-order chi connectivity index (χ0) is 19.7. The van der Waals surface area contributed by atoms with Crippen molar-refractivity contribution >= 4 is 7.14 Å². The second kappa shape index (κ2) is 11.8. The molecule has 2 atom stereocenters. The van der Waals surface area contributed by atoms with Crippen LogP contribution < -0.4 is 0 Å². The molecule has 0 heterocycles. The molecule has 160 valence electrons. The highest BCUT2D eigenvalue weighted by atomic mass is 31.2. The van der Waals surface area contributed by atoms with E-state index in [-0.39, 0.29) is 0 Å². The first kappa shape index (κ1) is 22.4. The van der Waals surface area contributed by atoms with Gasteiger partial charge in [-0.1, -0.05) is 69.6 Å². The van der Waals surface area contributed by atoms with Gasteiger partial charge in [0.15, 0.2) is 0 Å². The van der Waals surface area contributed by atoms with Crippen molar-refractivity contribution in [3.8, 4) is 0 Å². The molecule has 0 aromatic heterocycles. The molecule has 0 aromatic carbocycles. The molecule has 2 heteroatoms. The molecular weight excluding hydrogens is 359 g/mol. The number of hydrogen-bond acceptors (Lipinski definition) is 1. The van der Waals surface area contributed by atoms with Crippen LogP contribution in [0.25, 0.3) is 0 Å². The van der Waals surface area contributed by atoms with Crippen molar-refractivity contribution in [3.63, 3.8) is 0 Å². The largest absolute Gasteiger partial charge is 0.318 e. The standard InChI is InChI=1S/C26H45OP/c1-2-3-4-5-8-14-23-15-13-20-26(22-21-23)28(27,24-16-9-6-10-17-24)25-18-11-7-12-19-25/h15-16,25-26H,2-14,17-22H2,1H3. The molecular formula is C26H45OP. The molecule has 0 radical (unpaired) electrons. The molecule has 0 aliphatic heterocycles. The molecule has 3 rings (SSSR count). The quantitative estimate of drug-likeness (QED) is 0.212. The summed E-state index contributed by atoms with van der Waals surface area (Å²) in [5, 5.41) is 1.44. The summed E-state index contributed by atoms with van der Waals surface area (Å²) in [4.78, 5) is 0. The Morgan fingerprint density at radius 1 is 0.786 bits per heavy atom. The summed E-state index contributed by atoms with van der Waals surface area (Å²) in [6.07, 6.45) is 29.3. The number of allylic oxidation sites excluding steroid dienone is 4. The fraction of sp³-hybridized carbons (Fsp3) is 0.846. The summed E-state index contributed by atoms with van der Waals surface area (Å²) in [5.41, 5.74) is 2.69. The van der Waals surface area contributed by atoms with Gasteiger partial charge in [-0.05, 0) is 82.4 Å². The van der Waals surface area contributed by atoms with Crippen molar-refractivity contribution in [2.24, 2.45) is 0 Å². The maximum atomic E-state index is 14.8. The number of rotatable bonds is 9. The normalized spacial score (nSPS) is 26.8. The first-order chi connectivity index (χ1) is 13.7. The Bertz CT molecular complexity index is 567. The van der Waals surface area contributed by atoms with Crippen LogP contribution in [0, 0.1) is 0 Å². The van der Waals surface area contributed by atoms with E-state index in [1.165, 1.54) is 121 Å². The minimum atomic E-state index is -2.21. The molecule has 1 saturated carbocycles. The minimum Gasteiger partial charge on any atom is -0.318 e. The highest BCUT2D eigenvalue weighted by Crippen LogP contribution is 2.69. The van der Waals surface area contributed by atoms with Crippen LogP contribution in [0.1, 0.15) is 129 Å². The summed E-state index contributed by atoms with van der Waals surface area (Å²) >= 11 is 0. The van der Waals surface area contributed by atoms with Crippen LogP contribution in [-0.2, 0) is 4.57 Å². The summed E-state index contributed by atoms with van der Waals surface area (Å²) in [6.45, 7) is 2.29. The fourth-order valence-electron chi connectivity index (χ4n) is 6.01. The van der Waals surface area contributed by atoms with E-state index in [0.717, 1.165) is 6.42 Å². The maximum Gasteiger partial charge on any atom is 0.117 e. The van der Waals surface area contributed by atoms with Gasteiger partial charge in [-0.2, -0.15) is 0 Å². The van der Waals surface area contributed by atoms with Crippen molar-refractivity contribution in [1.82, 2.24) is 0 Å². The van der Waals surface area contributed by atoms with Gasteiger partial charge in [0, 0.05) is 11.3 Å². The molecule has 1 nitrogen and oxygen atoms in total. The van der Waals surface area contributed by atoms with Gasteiger partial charge >= 0.3 is 0 Å². The first-order valence-electron chi connectivity index (χ1n) is 12.7. The number of hydrogen-bond donors (Lipinski definition) is 0. The molecule has 28 heavy (non-hydrogen) atoms. The lowest BCUT2D eigenvalue weighted by molar-refractivity contribution is 0.472. The number of unbranched alkanes of at least 4 members (excludes halogenated alkanes) is 4. The average Bonchev–Trinajstić information content (AvgIpc) is 3.00. The van der Waals surface area contributed by atoms with Crippen molar-refractivity contribution < 1.29 is 4.57 Å². The second-order valence-electron chi connectivity index (χ2n) is 9.74. The Kier molecular flexibility index (Phi) is 9.42. The third kappa shape index (κ3) is 5.87. The van der Waals surface area contributed by atoms with E-state index < -0.39 is 7.14 Å². The zero-order valence-corrected chi connectivity index (χ0v) is 19.5. The van der Waals surface area contributed by atoms with Gasteiger partial charge in [0.2, 0.25) is 0 Å². The van der Waals surface area contributed by atoms with E-state index in [0.29, 0.717) is 11.3 Å². The Hall–Kier alpha value is -0.290. The maximum absolute atomic E-state index is 14.8. The predicted molar refractivity (Wildman–Crippen MR) is 125 cm³/mol. The smallest absolute Gasteiger partial charge is 0.117 e. The molecule has 0 bridgehead atoms. The SMILES string of the molecule is CCCCCCCC1=CCCC(P(=O)(C2=CCCCC2)C2CCCCC2)CC1. The van der Waals surface area contributed by atoms with Gasteiger partial charge in [0.1, 0.15) is 7.14 Å². The van der Waals surface area contributed by atoms with Gasteiger partial charge in [0.25, 0.3) is 0 Å². The molecule has 3 aliphatic rings. The molecule has 0 spiro atoms. The third-order valence-electron chi connectivity index (χ3n) is 7.71. The van der Waals surface area contributed by atoms with E-state index in [4.69, 9.17) is 0 Å². The minimum absolute atomic E-state index is 0.480. The van der Waals surface area contributed by atoms with E-state index in [1.807, 2.05) is 0 Å².